The third-order valence-corrected chi connectivity index (χ3v) is 2.89. The van der Waals surface area contributed by atoms with Crippen LogP contribution in [0, 0.1) is 0 Å². The Kier molecular flexibility index (Phi) is 5.37. The standard InChI is InChI=1S/C16H15N3O3/c20-15(21)14(11-12-7-3-1-4-8-12)17-16(22)19-18-13-9-5-2-6-10-13/h1-10,14H,11H2,(H,17,22)(H,20,21)/t14-/m1/s1. The number of urea groups is 1. The number of aliphatic carboxylic acids is 1. The molecule has 0 heterocycles. The second-order valence-electron chi connectivity index (χ2n) is 4.57. The van der Waals surface area contributed by atoms with Gasteiger partial charge in [0.15, 0.2) is 0 Å². The summed E-state index contributed by atoms with van der Waals surface area (Å²) in [4.78, 5) is 22.9. The van der Waals surface area contributed by atoms with Gasteiger partial charge in [0.1, 0.15) is 6.04 Å². The van der Waals surface area contributed by atoms with Crippen LogP contribution in [0.1, 0.15) is 5.56 Å². The number of carboxylic acids is 1. The van der Waals surface area contributed by atoms with Gasteiger partial charge in [-0.05, 0) is 17.7 Å². The minimum atomic E-state index is -1.12. The maximum Gasteiger partial charge on any atom is 0.360 e. The molecule has 2 aromatic rings. The molecule has 112 valence electrons. The van der Waals surface area contributed by atoms with Crippen LogP contribution in [-0.2, 0) is 11.2 Å². The molecule has 0 unspecified atom stereocenters. The van der Waals surface area contributed by atoms with Crippen LogP contribution in [0.3, 0.4) is 0 Å². The van der Waals surface area contributed by atoms with Crippen LogP contribution >= 0.6 is 0 Å². The van der Waals surface area contributed by atoms with E-state index in [9.17, 15) is 14.7 Å². The highest BCUT2D eigenvalue weighted by Gasteiger charge is 2.20. The molecule has 0 saturated heterocycles. The molecule has 0 aliphatic rings. The van der Waals surface area contributed by atoms with Crippen molar-refractivity contribution in [1.29, 1.82) is 0 Å². The Bertz CT molecular complexity index is 657. The number of carboxylic acid groups (broad SMARTS) is 1. The van der Waals surface area contributed by atoms with E-state index in [1.54, 1.807) is 36.4 Å². The van der Waals surface area contributed by atoms with Crippen molar-refractivity contribution >= 4 is 17.7 Å². The second-order valence-corrected chi connectivity index (χ2v) is 4.57. The molecule has 2 aromatic carbocycles. The van der Waals surface area contributed by atoms with Gasteiger partial charge in [0.25, 0.3) is 0 Å². The van der Waals surface area contributed by atoms with E-state index < -0.39 is 18.0 Å². The van der Waals surface area contributed by atoms with Gasteiger partial charge in [0, 0.05) is 6.42 Å². The SMILES string of the molecule is O=C(N=Nc1ccccc1)N[C@H](Cc1ccccc1)C(=O)O. The van der Waals surface area contributed by atoms with E-state index >= 15 is 0 Å². The largest absolute Gasteiger partial charge is 0.480 e. The number of hydrogen-bond acceptors (Lipinski definition) is 3. The molecule has 2 amide bonds. The Morgan fingerprint density at radius 2 is 1.59 bits per heavy atom. The lowest BCUT2D eigenvalue weighted by Crippen LogP contribution is -2.40. The van der Waals surface area contributed by atoms with E-state index in [1.807, 2.05) is 24.3 Å². The van der Waals surface area contributed by atoms with Crippen molar-refractivity contribution in [3.8, 4) is 0 Å². The quantitative estimate of drug-likeness (QED) is 0.830. The molecule has 0 bridgehead atoms. The molecule has 0 aliphatic carbocycles. The van der Waals surface area contributed by atoms with Crippen LogP contribution in [0.5, 0.6) is 0 Å². The van der Waals surface area contributed by atoms with Crippen molar-refractivity contribution in [2.45, 2.75) is 12.5 Å². The van der Waals surface area contributed by atoms with Gasteiger partial charge in [0.2, 0.25) is 0 Å². The average Bonchev–Trinajstić information content (AvgIpc) is 2.54. The molecule has 0 saturated carbocycles. The molecule has 2 rings (SSSR count). The number of benzene rings is 2. The van der Waals surface area contributed by atoms with Crippen molar-refractivity contribution in [3.05, 3.63) is 66.2 Å². The Balaban J connectivity index is 1.97. The fourth-order valence-electron chi connectivity index (χ4n) is 1.83. The van der Waals surface area contributed by atoms with Crippen molar-refractivity contribution in [2.24, 2.45) is 10.2 Å². The highest BCUT2D eigenvalue weighted by Crippen LogP contribution is 2.10. The van der Waals surface area contributed by atoms with Crippen LogP contribution in [-0.4, -0.2) is 23.1 Å². The third kappa shape index (κ3) is 4.82. The predicted octanol–water partition coefficient (Wildman–Crippen LogP) is 3.18. The number of hydrogen-bond donors (Lipinski definition) is 2. The molecule has 0 aromatic heterocycles. The lowest BCUT2D eigenvalue weighted by molar-refractivity contribution is -0.139. The minimum Gasteiger partial charge on any atom is -0.480 e. The Morgan fingerprint density at radius 1 is 1.00 bits per heavy atom. The number of carbonyl (C=O) groups is 2. The van der Waals surface area contributed by atoms with Crippen LogP contribution in [0.4, 0.5) is 10.5 Å². The van der Waals surface area contributed by atoms with Gasteiger partial charge in [0.05, 0.1) is 5.69 Å². The van der Waals surface area contributed by atoms with Gasteiger partial charge in [-0.3, -0.25) is 0 Å². The highest BCUT2D eigenvalue weighted by atomic mass is 16.4. The molecule has 0 aliphatic heterocycles. The molecule has 0 fully saturated rings. The van der Waals surface area contributed by atoms with Crippen molar-refractivity contribution in [3.63, 3.8) is 0 Å². The topological polar surface area (TPSA) is 91.1 Å². The molecule has 0 radical (unpaired) electrons. The molecular formula is C16H15N3O3. The lowest BCUT2D eigenvalue weighted by Gasteiger charge is -2.12. The number of nitrogens with one attached hydrogen (secondary N) is 1. The fraction of sp³-hybridized carbons (Fsp3) is 0.125. The molecule has 22 heavy (non-hydrogen) atoms. The summed E-state index contributed by atoms with van der Waals surface area (Å²) in [6, 6.07) is 16.0. The normalized spacial score (nSPS) is 12.0. The summed E-state index contributed by atoms with van der Waals surface area (Å²) in [5, 5.41) is 18.7. The Hall–Kier alpha value is -3.02. The van der Waals surface area contributed by atoms with Crippen LogP contribution < -0.4 is 5.32 Å². The number of amides is 2. The zero-order chi connectivity index (χ0) is 15.8. The van der Waals surface area contributed by atoms with E-state index in [2.05, 4.69) is 15.5 Å². The third-order valence-electron chi connectivity index (χ3n) is 2.89. The van der Waals surface area contributed by atoms with Gasteiger partial charge in [-0.25, -0.2) is 9.59 Å². The van der Waals surface area contributed by atoms with Crippen molar-refractivity contribution < 1.29 is 14.7 Å². The van der Waals surface area contributed by atoms with Crippen LogP contribution in [0.2, 0.25) is 0 Å². The molecule has 2 N–H and O–H groups in total. The number of carbonyl (C=O) groups excluding carboxylic acids is 1. The first-order chi connectivity index (χ1) is 10.6. The molecule has 0 spiro atoms. The first-order valence-electron chi connectivity index (χ1n) is 6.69. The summed E-state index contributed by atoms with van der Waals surface area (Å²) in [6.07, 6.45) is 0.183. The van der Waals surface area contributed by atoms with Gasteiger partial charge in [-0.2, -0.15) is 0 Å². The number of rotatable bonds is 5. The Labute approximate surface area is 127 Å². The van der Waals surface area contributed by atoms with E-state index in [-0.39, 0.29) is 6.42 Å². The van der Waals surface area contributed by atoms with Crippen molar-refractivity contribution in [2.75, 3.05) is 0 Å². The lowest BCUT2D eigenvalue weighted by atomic mass is 10.1. The summed E-state index contributed by atoms with van der Waals surface area (Å²) in [6.45, 7) is 0. The van der Waals surface area contributed by atoms with E-state index in [0.29, 0.717) is 5.69 Å². The average molecular weight is 297 g/mol. The molecule has 1 atom stereocenters. The van der Waals surface area contributed by atoms with Crippen LogP contribution in [0.25, 0.3) is 0 Å². The fourth-order valence-corrected chi connectivity index (χ4v) is 1.83. The highest BCUT2D eigenvalue weighted by molar-refractivity contribution is 5.83. The van der Waals surface area contributed by atoms with Crippen molar-refractivity contribution in [1.82, 2.24) is 5.32 Å². The zero-order valence-corrected chi connectivity index (χ0v) is 11.7. The van der Waals surface area contributed by atoms with E-state index in [0.717, 1.165) is 5.56 Å². The first kappa shape index (κ1) is 15.4. The van der Waals surface area contributed by atoms with Crippen LogP contribution in [0.15, 0.2) is 70.9 Å². The smallest absolute Gasteiger partial charge is 0.360 e. The first-order valence-corrected chi connectivity index (χ1v) is 6.69. The monoisotopic (exact) mass is 297 g/mol. The summed E-state index contributed by atoms with van der Waals surface area (Å²) in [5.74, 6) is -1.12. The molecule has 6 nitrogen and oxygen atoms in total. The maximum absolute atomic E-state index is 11.7. The predicted molar refractivity (Wildman–Crippen MR) is 81.1 cm³/mol. The van der Waals surface area contributed by atoms with Gasteiger partial charge < -0.3 is 10.4 Å². The number of azo groups is 1. The van der Waals surface area contributed by atoms with E-state index in [1.165, 1.54) is 0 Å². The summed E-state index contributed by atoms with van der Waals surface area (Å²) >= 11 is 0. The number of nitrogens with zero attached hydrogens (tertiary/aromatic N) is 2. The van der Waals surface area contributed by atoms with Gasteiger partial charge >= 0.3 is 12.0 Å². The Morgan fingerprint density at radius 3 is 2.18 bits per heavy atom. The molecular weight excluding hydrogens is 282 g/mol. The summed E-state index contributed by atoms with van der Waals surface area (Å²) < 4.78 is 0. The maximum atomic E-state index is 11.7. The van der Waals surface area contributed by atoms with Gasteiger partial charge in [-0.1, -0.05) is 53.6 Å². The summed E-state index contributed by atoms with van der Waals surface area (Å²) in [7, 11) is 0. The minimum absolute atomic E-state index is 0.183. The zero-order valence-electron chi connectivity index (χ0n) is 11.7. The molecule has 6 heteroatoms. The van der Waals surface area contributed by atoms with E-state index in [4.69, 9.17) is 0 Å². The summed E-state index contributed by atoms with van der Waals surface area (Å²) in [5.41, 5.74) is 1.34. The second kappa shape index (κ2) is 7.68. The van der Waals surface area contributed by atoms with Gasteiger partial charge in [-0.15, -0.1) is 5.11 Å².